The summed E-state index contributed by atoms with van der Waals surface area (Å²) in [5, 5.41) is 3.49. The summed E-state index contributed by atoms with van der Waals surface area (Å²) in [5.41, 5.74) is 0.624. The van der Waals surface area contributed by atoms with Gasteiger partial charge in [-0.3, -0.25) is 0 Å². The van der Waals surface area contributed by atoms with Crippen molar-refractivity contribution in [3.05, 3.63) is 33.8 Å². The van der Waals surface area contributed by atoms with Crippen LogP contribution in [0.5, 0.6) is 0 Å². The number of nitrogens with one attached hydrogen (secondary N) is 1. The molecule has 0 amide bonds. The molecule has 1 aromatic carbocycles. The van der Waals surface area contributed by atoms with Gasteiger partial charge in [-0.05, 0) is 24.6 Å². The smallest absolute Gasteiger partial charge is 0.314 e. The van der Waals surface area contributed by atoms with Crippen LogP contribution >= 0.6 is 23.2 Å². The minimum absolute atomic E-state index is 0.201. The number of hydrogen-bond acceptors (Lipinski definition) is 1. The fourth-order valence-corrected chi connectivity index (χ4v) is 2.15. The van der Waals surface area contributed by atoms with Crippen molar-refractivity contribution in [3.63, 3.8) is 0 Å². The van der Waals surface area contributed by atoms with E-state index < -0.39 is 18.6 Å². The van der Waals surface area contributed by atoms with Crippen molar-refractivity contribution in [1.29, 1.82) is 0 Å². The fourth-order valence-electron chi connectivity index (χ4n) is 1.76. The first-order valence-electron chi connectivity index (χ1n) is 5.56. The molecule has 0 saturated heterocycles. The molecule has 0 aliphatic rings. The molecule has 0 bridgehead atoms. The summed E-state index contributed by atoms with van der Waals surface area (Å²) >= 11 is 11.8. The highest BCUT2D eigenvalue weighted by molar-refractivity contribution is 6.42. The molecular formula is C12H14Cl2F3N. The van der Waals surface area contributed by atoms with Crippen LogP contribution in [0.1, 0.15) is 18.9 Å². The molecule has 1 aromatic rings. The van der Waals surface area contributed by atoms with Crippen LogP contribution in [-0.4, -0.2) is 18.8 Å². The highest BCUT2D eigenvalue weighted by atomic mass is 35.5. The highest BCUT2D eigenvalue weighted by Crippen LogP contribution is 2.29. The Kier molecular flexibility index (Phi) is 5.76. The van der Waals surface area contributed by atoms with Crippen molar-refractivity contribution in [2.45, 2.75) is 32.0 Å². The zero-order chi connectivity index (χ0) is 13.8. The van der Waals surface area contributed by atoms with Crippen LogP contribution in [0.15, 0.2) is 18.2 Å². The molecule has 1 rings (SSSR count). The minimum atomic E-state index is -4.20. The van der Waals surface area contributed by atoms with Crippen molar-refractivity contribution in [3.8, 4) is 0 Å². The van der Waals surface area contributed by atoms with Crippen molar-refractivity contribution in [2.75, 3.05) is 6.54 Å². The van der Waals surface area contributed by atoms with Crippen LogP contribution in [0.3, 0.4) is 0 Å². The number of rotatable bonds is 5. The molecule has 0 aliphatic heterocycles. The maximum atomic E-state index is 12.4. The highest BCUT2D eigenvalue weighted by Gasteiger charge is 2.31. The van der Waals surface area contributed by atoms with E-state index in [1.807, 2.05) is 0 Å². The summed E-state index contributed by atoms with van der Waals surface area (Å²) in [6.07, 6.45) is -4.88. The first-order chi connectivity index (χ1) is 8.33. The van der Waals surface area contributed by atoms with Crippen molar-refractivity contribution in [1.82, 2.24) is 5.32 Å². The van der Waals surface area contributed by atoms with Crippen LogP contribution in [0.25, 0.3) is 0 Å². The molecule has 18 heavy (non-hydrogen) atoms. The minimum Gasteiger partial charge on any atom is -0.314 e. The predicted octanol–water partition coefficient (Wildman–Crippen LogP) is 4.47. The predicted molar refractivity (Wildman–Crippen MR) is 68.3 cm³/mol. The van der Waals surface area contributed by atoms with E-state index in [2.05, 4.69) is 5.32 Å². The number of halogens is 5. The molecule has 0 aliphatic carbocycles. The van der Waals surface area contributed by atoms with Gasteiger partial charge < -0.3 is 5.32 Å². The lowest BCUT2D eigenvalue weighted by Crippen LogP contribution is -2.35. The molecule has 1 atom stereocenters. The van der Waals surface area contributed by atoms with Gasteiger partial charge in [-0.15, -0.1) is 0 Å². The molecule has 6 heteroatoms. The van der Waals surface area contributed by atoms with E-state index in [-0.39, 0.29) is 6.42 Å². The van der Waals surface area contributed by atoms with E-state index in [9.17, 15) is 13.2 Å². The van der Waals surface area contributed by atoms with Gasteiger partial charge in [-0.2, -0.15) is 13.2 Å². The average molecular weight is 300 g/mol. The molecule has 1 unspecified atom stereocenters. The van der Waals surface area contributed by atoms with E-state index >= 15 is 0 Å². The van der Waals surface area contributed by atoms with Crippen LogP contribution in [-0.2, 0) is 6.42 Å². The zero-order valence-electron chi connectivity index (χ0n) is 9.82. The number of hydrogen-bond donors (Lipinski definition) is 1. The molecule has 1 N–H and O–H groups in total. The quantitative estimate of drug-likeness (QED) is 0.846. The van der Waals surface area contributed by atoms with Gasteiger partial charge in [0.05, 0.1) is 16.5 Å². The third kappa shape index (κ3) is 5.04. The second-order valence-corrected chi connectivity index (χ2v) is 4.78. The first-order valence-corrected chi connectivity index (χ1v) is 6.32. The lowest BCUT2D eigenvalue weighted by Gasteiger charge is -2.20. The molecule has 1 nitrogen and oxygen atoms in total. The van der Waals surface area contributed by atoms with Crippen LogP contribution in [0.4, 0.5) is 13.2 Å². The number of alkyl halides is 3. The monoisotopic (exact) mass is 299 g/mol. The Morgan fingerprint density at radius 1 is 1.28 bits per heavy atom. The lowest BCUT2D eigenvalue weighted by molar-refractivity contribution is -0.139. The Bertz CT molecular complexity index is 393. The summed E-state index contributed by atoms with van der Waals surface area (Å²) in [6, 6.07) is 4.29. The molecule has 0 spiro atoms. The average Bonchev–Trinajstić information content (AvgIpc) is 2.23. The molecule has 0 fully saturated rings. The summed E-state index contributed by atoms with van der Waals surface area (Å²) in [7, 11) is 0. The SMILES string of the molecule is CCNC(Cc1cccc(Cl)c1Cl)CC(F)(F)F. The maximum absolute atomic E-state index is 12.4. The largest absolute Gasteiger partial charge is 0.390 e. The number of likely N-dealkylation sites (N-methyl/N-ethyl adjacent to an activating group) is 1. The summed E-state index contributed by atoms with van der Waals surface area (Å²) < 4.78 is 37.2. The van der Waals surface area contributed by atoms with E-state index in [1.165, 1.54) is 0 Å². The van der Waals surface area contributed by atoms with Gasteiger partial charge in [0, 0.05) is 6.04 Å². The maximum Gasteiger partial charge on any atom is 0.390 e. The Balaban J connectivity index is 2.80. The van der Waals surface area contributed by atoms with Gasteiger partial charge in [0.15, 0.2) is 0 Å². The van der Waals surface area contributed by atoms with Crippen molar-refractivity contribution >= 4 is 23.2 Å². The zero-order valence-corrected chi connectivity index (χ0v) is 11.3. The summed E-state index contributed by atoms with van der Waals surface area (Å²) in [5.74, 6) is 0. The number of benzene rings is 1. The molecule has 102 valence electrons. The Morgan fingerprint density at radius 2 is 1.94 bits per heavy atom. The Morgan fingerprint density at radius 3 is 2.50 bits per heavy atom. The van der Waals surface area contributed by atoms with Crippen LogP contribution in [0, 0.1) is 0 Å². The van der Waals surface area contributed by atoms with Gasteiger partial charge in [-0.25, -0.2) is 0 Å². The summed E-state index contributed by atoms with van der Waals surface area (Å²) in [4.78, 5) is 0. The molecule has 0 saturated carbocycles. The molecular weight excluding hydrogens is 286 g/mol. The van der Waals surface area contributed by atoms with E-state index in [1.54, 1.807) is 25.1 Å². The van der Waals surface area contributed by atoms with E-state index in [0.29, 0.717) is 22.2 Å². The van der Waals surface area contributed by atoms with Gasteiger partial charge in [0.1, 0.15) is 0 Å². The molecule has 0 aromatic heterocycles. The Hall–Kier alpha value is -0.450. The normalized spacial score (nSPS) is 13.7. The third-order valence-electron chi connectivity index (χ3n) is 2.47. The standard InChI is InChI=1S/C12H14Cl2F3N/c1-2-18-9(7-12(15,16)17)6-8-4-3-5-10(13)11(8)14/h3-5,9,18H,2,6-7H2,1H3. The van der Waals surface area contributed by atoms with E-state index in [4.69, 9.17) is 23.2 Å². The van der Waals surface area contributed by atoms with Gasteiger partial charge in [-0.1, -0.05) is 42.3 Å². The van der Waals surface area contributed by atoms with Gasteiger partial charge in [0.25, 0.3) is 0 Å². The van der Waals surface area contributed by atoms with Gasteiger partial charge >= 0.3 is 6.18 Å². The van der Waals surface area contributed by atoms with Crippen LogP contribution < -0.4 is 5.32 Å². The van der Waals surface area contributed by atoms with E-state index in [0.717, 1.165) is 0 Å². The fraction of sp³-hybridized carbons (Fsp3) is 0.500. The lowest BCUT2D eigenvalue weighted by atomic mass is 10.0. The summed E-state index contributed by atoms with van der Waals surface area (Å²) in [6.45, 7) is 2.24. The third-order valence-corrected chi connectivity index (χ3v) is 3.33. The second kappa shape index (κ2) is 6.64. The molecule has 0 heterocycles. The topological polar surface area (TPSA) is 12.0 Å². The second-order valence-electron chi connectivity index (χ2n) is 3.99. The van der Waals surface area contributed by atoms with Crippen LogP contribution in [0.2, 0.25) is 10.0 Å². The Labute approximate surface area is 114 Å². The van der Waals surface area contributed by atoms with Crippen molar-refractivity contribution in [2.24, 2.45) is 0 Å². The first kappa shape index (κ1) is 15.6. The van der Waals surface area contributed by atoms with Crippen molar-refractivity contribution < 1.29 is 13.2 Å². The van der Waals surface area contributed by atoms with Gasteiger partial charge in [0.2, 0.25) is 0 Å². The molecule has 0 radical (unpaired) electrons.